The van der Waals surface area contributed by atoms with Gasteiger partial charge in [-0.15, -0.1) is 0 Å². The minimum Gasteiger partial charge on any atom is -0.508 e. The smallest absolute Gasteiger partial charge is 0.119 e. The average Bonchev–Trinajstić information content (AvgIpc) is 2.71. The molecule has 0 saturated carbocycles. The van der Waals surface area contributed by atoms with Gasteiger partial charge in [-0.2, -0.15) is 0 Å². The molecule has 0 aromatic heterocycles. The fraction of sp³-hybridized carbons (Fsp3) is 0.538. The molecule has 3 heteroatoms. The van der Waals surface area contributed by atoms with Crippen LogP contribution in [0.25, 0.3) is 0 Å². The standard InChI is InChI=1S/C13H19NO2/c1-2-9(8-15)14-12-7-6-11-10(12)4-3-5-13(11)16/h3-5,9,12,14-16H,2,6-8H2,1H3/t9-,12?/m1/s1. The number of phenolic OH excluding ortho intramolecular Hbond substituents is 1. The Labute approximate surface area is 96.1 Å². The number of fused-ring (bicyclic) bond motifs is 1. The molecule has 16 heavy (non-hydrogen) atoms. The third-order valence-corrected chi connectivity index (χ3v) is 3.40. The molecular formula is C13H19NO2. The lowest BCUT2D eigenvalue weighted by atomic mass is 10.1. The van der Waals surface area contributed by atoms with Crippen LogP contribution in [0.2, 0.25) is 0 Å². The molecule has 1 aromatic carbocycles. The molecule has 2 rings (SSSR count). The number of aliphatic hydroxyl groups is 1. The van der Waals surface area contributed by atoms with E-state index in [9.17, 15) is 10.2 Å². The maximum atomic E-state index is 9.72. The van der Waals surface area contributed by atoms with Gasteiger partial charge in [0.05, 0.1) is 6.61 Å². The Morgan fingerprint density at radius 2 is 2.31 bits per heavy atom. The fourth-order valence-electron chi connectivity index (χ4n) is 2.39. The molecule has 3 nitrogen and oxygen atoms in total. The summed E-state index contributed by atoms with van der Waals surface area (Å²) in [6.07, 6.45) is 2.84. The van der Waals surface area contributed by atoms with Gasteiger partial charge in [0.1, 0.15) is 5.75 Å². The van der Waals surface area contributed by atoms with Gasteiger partial charge in [-0.3, -0.25) is 0 Å². The Bertz CT molecular complexity index is 361. The van der Waals surface area contributed by atoms with Gasteiger partial charge in [-0.25, -0.2) is 0 Å². The Morgan fingerprint density at radius 3 is 3.00 bits per heavy atom. The predicted molar refractivity (Wildman–Crippen MR) is 63.5 cm³/mol. The first-order valence-corrected chi connectivity index (χ1v) is 5.94. The van der Waals surface area contributed by atoms with Crippen LogP contribution in [0.5, 0.6) is 5.75 Å². The Morgan fingerprint density at radius 1 is 1.50 bits per heavy atom. The number of hydrogen-bond acceptors (Lipinski definition) is 3. The highest BCUT2D eigenvalue weighted by molar-refractivity contribution is 5.44. The SMILES string of the molecule is CC[C@H](CO)NC1CCc2c(O)cccc21. The zero-order valence-electron chi connectivity index (χ0n) is 9.61. The first kappa shape index (κ1) is 11.4. The van der Waals surface area contributed by atoms with Crippen molar-refractivity contribution in [3.63, 3.8) is 0 Å². The number of benzene rings is 1. The summed E-state index contributed by atoms with van der Waals surface area (Å²) in [5.41, 5.74) is 2.25. The maximum absolute atomic E-state index is 9.72. The number of nitrogens with one attached hydrogen (secondary N) is 1. The minimum atomic E-state index is 0.151. The van der Waals surface area contributed by atoms with E-state index in [-0.39, 0.29) is 18.7 Å². The summed E-state index contributed by atoms with van der Waals surface area (Å²) in [6.45, 7) is 2.23. The van der Waals surface area contributed by atoms with Gasteiger partial charge in [-0.05, 0) is 36.5 Å². The van der Waals surface area contributed by atoms with Gasteiger partial charge in [0.2, 0.25) is 0 Å². The van der Waals surface area contributed by atoms with Gasteiger partial charge < -0.3 is 15.5 Å². The van der Waals surface area contributed by atoms with Gasteiger partial charge >= 0.3 is 0 Å². The van der Waals surface area contributed by atoms with Crippen LogP contribution in [0.15, 0.2) is 18.2 Å². The molecule has 0 fully saturated rings. The first-order valence-electron chi connectivity index (χ1n) is 5.94. The zero-order chi connectivity index (χ0) is 11.5. The van der Waals surface area contributed by atoms with Crippen molar-refractivity contribution in [1.29, 1.82) is 0 Å². The molecule has 3 N–H and O–H groups in total. The molecular weight excluding hydrogens is 202 g/mol. The highest BCUT2D eigenvalue weighted by atomic mass is 16.3. The second kappa shape index (κ2) is 4.85. The van der Waals surface area contributed by atoms with Crippen molar-refractivity contribution in [3.05, 3.63) is 29.3 Å². The number of phenols is 1. The van der Waals surface area contributed by atoms with Gasteiger partial charge in [0.15, 0.2) is 0 Å². The van der Waals surface area contributed by atoms with E-state index in [0.29, 0.717) is 5.75 Å². The second-order valence-electron chi connectivity index (χ2n) is 4.39. The lowest BCUT2D eigenvalue weighted by Crippen LogP contribution is -2.34. The molecule has 0 amide bonds. The summed E-state index contributed by atoms with van der Waals surface area (Å²) < 4.78 is 0. The third kappa shape index (κ3) is 2.06. The van der Waals surface area contributed by atoms with Crippen LogP contribution in [0.4, 0.5) is 0 Å². The first-order chi connectivity index (χ1) is 7.76. The van der Waals surface area contributed by atoms with Crippen LogP contribution in [-0.2, 0) is 6.42 Å². The molecule has 2 atom stereocenters. The second-order valence-corrected chi connectivity index (χ2v) is 4.39. The van der Waals surface area contributed by atoms with Crippen molar-refractivity contribution >= 4 is 0 Å². The predicted octanol–water partition coefficient (Wildman–Crippen LogP) is 1.74. The van der Waals surface area contributed by atoms with E-state index in [1.54, 1.807) is 6.07 Å². The molecule has 1 aromatic rings. The lowest BCUT2D eigenvalue weighted by Gasteiger charge is -2.20. The largest absolute Gasteiger partial charge is 0.508 e. The molecule has 0 spiro atoms. The van der Waals surface area contributed by atoms with Crippen molar-refractivity contribution in [1.82, 2.24) is 5.32 Å². The van der Waals surface area contributed by atoms with Crippen LogP contribution in [0.1, 0.15) is 36.9 Å². The van der Waals surface area contributed by atoms with E-state index < -0.39 is 0 Å². The molecule has 0 radical (unpaired) electrons. The molecule has 1 aliphatic carbocycles. The Balaban J connectivity index is 2.14. The molecule has 0 heterocycles. The topological polar surface area (TPSA) is 52.5 Å². The Kier molecular flexibility index (Phi) is 3.46. The van der Waals surface area contributed by atoms with Gasteiger partial charge in [-0.1, -0.05) is 19.1 Å². The molecule has 0 saturated heterocycles. The van der Waals surface area contributed by atoms with Crippen molar-refractivity contribution in [2.75, 3.05) is 6.61 Å². The number of hydrogen-bond donors (Lipinski definition) is 3. The summed E-state index contributed by atoms with van der Waals surface area (Å²) in [7, 11) is 0. The van der Waals surface area contributed by atoms with Gasteiger partial charge in [0.25, 0.3) is 0 Å². The van der Waals surface area contributed by atoms with Crippen LogP contribution >= 0.6 is 0 Å². The van der Waals surface area contributed by atoms with Crippen LogP contribution in [0, 0.1) is 0 Å². The highest BCUT2D eigenvalue weighted by Gasteiger charge is 2.25. The van der Waals surface area contributed by atoms with Crippen molar-refractivity contribution in [3.8, 4) is 5.75 Å². The quantitative estimate of drug-likeness (QED) is 0.726. The summed E-state index contributed by atoms with van der Waals surface area (Å²) in [5.74, 6) is 0.402. The van der Waals surface area contributed by atoms with Crippen LogP contribution in [-0.4, -0.2) is 22.9 Å². The normalized spacial score (nSPS) is 20.8. The monoisotopic (exact) mass is 221 g/mol. The molecule has 0 aliphatic heterocycles. The van der Waals surface area contributed by atoms with E-state index in [1.807, 2.05) is 6.07 Å². The lowest BCUT2D eigenvalue weighted by molar-refractivity contribution is 0.227. The summed E-state index contributed by atoms with van der Waals surface area (Å²) in [5, 5.41) is 22.3. The van der Waals surface area contributed by atoms with E-state index in [1.165, 1.54) is 5.56 Å². The van der Waals surface area contributed by atoms with Crippen LogP contribution < -0.4 is 5.32 Å². The minimum absolute atomic E-state index is 0.151. The number of aromatic hydroxyl groups is 1. The number of rotatable bonds is 4. The summed E-state index contributed by atoms with van der Waals surface area (Å²) >= 11 is 0. The van der Waals surface area contributed by atoms with Crippen LogP contribution in [0.3, 0.4) is 0 Å². The van der Waals surface area contributed by atoms with Gasteiger partial charge in [0, 0.05) is 12.1 Å². The fourth-order valence-corrected chi connectivity index (χ4v) is 2.39. The third-order valence-electron chi connectivity index (χ3n) is 3.40. The van der Waals surface area contributed by atoms with Crippen molar-refractivity contribution in [2.24, 2.45) is 0 Å². The van der Waals surface area contributed by atoms with E-state index in [2.05, 4.69) is 18.3 Å². The highest BCUT2D eigenvalue weighted by Crippen LogP contribution is 2.36. The van der Waals surface area contributed by atoms with E-state index in [4.69, 9.17) is 0 Å². The molecule has 1 aliphatic rings. The maximum Gasteiger partial charge on any atom is 0.119 e. The summed E-state index contributed by atoms with van der Waals surface area (Å²) in [4.78, 5) is 0. The number of aliphatic hydroxyl groups excluding tert-OH is 1. The van der Waals surface area contributed by atoms with E-state index in [0.717, 1.165) is 24.8 Å². The molecule has 0 bridgehead atoms. The van der Waals surface area contributed by atoms with E-state index >= 15 is 0 Å². The summed E-state index contributed by atoms with van der Waals surface area (Å²) in [6, 6.07) is 6.11. The molecule has 88 valence electrons. The molecule has 1 unspecified atom stereocenters. The van der Waals surface area contributed by atoms with Crippen molar-refractivity contribution < 1.29 is 10.2 Å². The van der Waals surface area contributed by atoms with Crippen molar-refractivity contribution in [2.45, 2.75) is 38.3 Å². The average molecular weight is 221 g/mol. The Hall–Kier alpha value is -1.06. The zero-order valence-corrected chi connectivity index (χ0v) is 9.61.